The number of nitrogens with two attached hydrogens (primary N) is 2. The number of halogens is 2. The number of hydrogen-bond acceptors (Lipinski definition) is 6. The molecule has 29 heavy (non-hydrogen) atoms. The maximum Gasteiger partial charge on any atom is 0.169 e. The number of fused-ring (bicyclic) bond motifs is 3. The van der Waals surface area contributed by atoms with Crippen LogP contribution in [-0.4, -0.2) is 26.2 Å². The van der Waals surface area contributed by atoms with Crippen molar-refractivity contribution < 1.29 is 13.9 Å². The molecule has 0 aliphatic carbocycles. The van der Waals surface area contributed by atoms with Crippen LogP contribution in [0.25, 0.3) is 22.2 Å². The lowest BCUT2D eigenvalue weighted by molar-refractivity contribution is 0.432. The maximum atomic E-state index is 14.8. The molecular formula is C20H16F2N6O. The molecule has 2 aromatic carbocycles. The normalized spacial score (nSPS) is 13.2. The molecule has 7 nitrogen and oxygen atoms in total. The minimum Gasteiger partial charge on any atom is -0.505 e. The second kappa shape index (κ2) is 6.06. The van der Waals surface area contributed by atoms with E-state index in [1.165, 1.54) is 24.5 Å². The second-order valence-corrected chi connectivity index (χ2v) is 6.81. The van der Waals surface area contributed by atoms with Gasteiger partial charge < -0.3 is 26.0 Å². The van der Waals surface area contributed by atoms with Crippen LogP contribution in [0.2, 0.25) is 0 Å². The van der Waals surface area contributed by atoms with E-state index in [-0.39, 0.29) is 11.5 Å². The Kier molecular flexibility index (Phi) is 3.60. The van der Waals surface area contributed by atoms with Crippen LogP contribution < -0.4 is 16.4 Å². The molecule has 4 aromatic rings. The third-order valence-electron chi connectivity index (χ3n) is 5.18. The minimum absolute atomic E-state index is 0.0357. The number of anilines is 4. The van der Waals surface area contributed by atoms with Gasteiger partial charge in [-0.05, 0) is 29.8 Å². The van der Waals surface area contributed by atoms with E-state index in [0.29, 0.717) is 46.8 Å². The van der Waals surface area contributed by atoms with Crippen molar-refractivity contribution in [3.8, 4) is 16.9 Å². The first-order chi connectivity index (χ1) is 14.0. The maximum absolute atomic E-state index is 14.8. The molecule has 1 aliphatic rings. The number of nitrogens with zero attached hydrogens (tertiary/aromatic N) is 4. The smallest absolute Gasteiger partial charge is 0.169 e. The number of nitrogen functional groups attached to an aromatic ring is 2. The van der Waals surface area contributed by atoms with Gasteiger partial charge in [-0.15, -0.1) is 0 Å². The number of benzene rings is 2. The summed E-state index contributed by atoms with van der Waals surface area (Å²) in [6.07, 6.45) is 1.36. The van der Waals surface area contributed by atoms with Gasteiger partial charge in [0.05, 0.1) is 16.8 Å². The van der Waals surface area contributed by atoms with Crippen LogP contribution >= 0.6 is 0 Å². The number of rotatable bonds is 2. The Balaban J connectivity index is 1.85. The SMILES string of the molecule is Nc1cccc(N2CCn3c2c(-c2ccc(O)c(F)c2)c2c(N)ncnc23)c1F. The number of phenolic OH excluding ortho intramolecular Hbond substituents is 1. The first-order valence-electron chi connectivity index (χ1n) is 8.90. The summed E-state index contributed by atoms with van der Waals surface area (Å²) in [4.78, 5) is 10.2. The van der Waals surface area contributed by atoms with Crippen LogP contribution in [0.1, 0.15) is 0 Å². The number of hydrogen-bond donors (Lipinski definition) is 3. The molecule has 0 radical (unpaired) electrons. The van der Waals surface area contributed by atoms with Gasteiger partial charge in [0.15, 0.2) is 17.4 Å². The van der Waals surface area contributed by atoms with Crippen molar-refractivity contribution in [3.05, 3.63) is 54.4 Å². The van der Waals surface area contributed by atoms with Gasteiger partial charge in [0.1, 0.15) is 23.6 Å². The lowest BCUT2D eigenvalue weighted by Crippen LogP contribution is -2.16. The highest BCUT2D eigenvalue weighted by Gasteiger charge is 2.32. The molecule has 9 heteroatoms. The summed E-state index contributed by atoms with van der Waals surface area (Å²) >= 11 is 0. The molecule has 3 heterocycles. The molecule has 146 valence electrons. The molecular weight excluding hydrogens is 378 g/mol. The highest BCUT2D eigenvalue weighted by Crippen LogP contribution is 2.47. The summed E-state index contributed by atoms with van der Waals surface area (Å²) in [5, 5.41) is 10.1. The van der Waals surface area contributed by atoms with Crippen molar-refractivity contribution in [2.75, 3.05) is 22.9 Å². The zero-order valence-corrected chi connectivity index (χ0v) is 15.1. The lowest BCUT2D eigenvalue weighted by atomic mass is 10.0. The average Bonchev–Trinajstić information content (AvgIpc) is 3.26. The van der Waals surface area contributed by atoms with Gasteiger partial charge >= 0.3 is 0 Å². The third-order valence-corrected chi connectivity index (χ3v) is 5.18. The Morgan fingerprint density at radius 2 is 1.86 bits per heavy atom. The summed E-state index contributed by atoms with van der Waals surface area (Å²) in [5.74, 6) is -0.925. The molecule has 2 aromatic heterocycles. The molecule has 1 aliphatic heterocycles. The van der Waals surface area contributed by atoms with Crippen LogP contribution in [-0.2, 0) is 6.54 Å². The molecule has 0 saturated heterocycles. The Morgan fingerprint density at radius 3 is 2.66 bits per heavy atom. The van der Waals surface area contributed by atoms with Gasteiger partial charge in [-0.3, -0.25) is 0 Å². The highest BCUT2D eigenvalue weighted by molar-refractivity contribution is 6.08. The van der Waals surface area contributed by atoms with E-state index in [4.69, 9.17) is 11.5 Å². The van der Waals surface area contributed by atoms with Crippen LogP contribution in [0, 0.1) is 11.6 Å². The van der Waals surface area contributed by atoms with Crippen molar-refractivity contribution in [2.45, 2.75) is 6.54 Å². The molecule has 5 N–H and O–H groups in total. The van der Waals surface area contributed by atoms with Gasteiger partial charge in [-0.25, -0.2) is 18.7 Å². The van der Waals surface area contributed by atoms with E-state index >= 15 is 0 Å². The molecule has 5 rings (SSSR count). The zero-order valence-electron chi connectivity index (χ0n) is 15.1. The molecule has 0 fully saturated rings. The van der Waals surface area contributed by atoms with Crippen molar-refractivity contribution in [1.82, 2.24) is 14.5 Å². The number of aromatic hydroxyl groups is 1. The summed E-state index contributed by atoms with van der Waals surface area (Å²) in [6, 6.07) is 8.85. The monoisotopic (exact) mass is 394 g/mol. The van der Waals surface area contributed by atoms with Gasteiger partial charge in [0.2, 0.25) is 0 Å². The lowest BCUT2D eigenvalue weighted by Gasteiger charge is -2.21. The predicted molar refractivity (Wildman–Crippen MR) is 107 cm³/mol. The predicted octanol–water partition coefficient (Wildman–Crippen LogP) is 3.40. The molecule has 0 amide bonds. The van der Waals surface area contributed by atoms with E-state index in [1.54, 1.807) is 23.1 Å². The standard InChI is InChI=1S/C20H16F2N6O/c21-11-8-10(4-5-14(11)29)15-16-18(24)25-9-26-19(16)28-7-6-27(20(15)28)13-3-1-2-12(23)17(13)22/h1-5,8-9,29H,6-7,23H2,(H2,24,25,26). The van der Waals surface area contributed by atoms with Crippen LogP contribution in [0.3, 0.4) is 0 Å². The van der Waals surface area contributed by atoms with Gasteiger partial charge in [0.25, 0.3) is 0 Å². The minimum atomic E-state index is -0.772. The van der Waals surface area contributed by atoms with Crippen molar-refractivity contribution in [3.63, 3.8) is 0 Å². The molecule has 0 unspecified atom stereocenters. The van der Waals surface area contributed by atoms with E-state index in [0.717, 1.165) is 0 Å². The summed E-state index contributed by atoms with van der Waals surface area (Å²) < 4.78 is 30.9. The first kappa shape index (κ1) is 17.2. The van der Waals surface area contributed by atoms with Gasteiger partial charge in [-0.1, -0.05) is 12.1 Å². The van der Waals surface area contributed by atoms with E-state index in [1.807, 2.05) is 4.57 Å². The quantitative estimate of drug-likeness (QED) is 0.450. The topological polar surface area (TPSA) is 106 Å². The van der Waals surface area contributed by atoms with Crippen LogP contribution in [0.5, 0.6) is 5.75 Å². The third kappa shape index (κ3) is 2.40. The first-order valence-corrected chi connectivity index (χ1v) is 8.90. The van der Waals surface area contributed by atoms with Crippen LogP contribution in [0.4, 0.5) is 31.8 Å². The van der Waals surface area contributed by atoms with Gasteiger partial charge in [0, 0.05) is 18.7 Å². The molecule has 0 atom stereocenters. The largest absolute Gasteiger partial charge is 0.505 e. The zero-order chi connectivity index (χ0) is 20.3. The molecule has 0 bridgehead atoms. The van der Waals surface area contributed by atoms with E-state index in [2.05, 4.69) is 9.97 Å². The Hall–Kier alpha value is -3.88. The fraction of sp³-hybridized carbons (Fsp3) is 0.100. The van der Waals surface area contributed by atoms with Crippen molar-refractivity contribution >= 4 is 34.0 Å². The van der Waals surface area contributed by atoms with Gasteiger partial charge in [-0.2, -0.15) is 0 Å². The van der Waals surface area contributed by atoms with Crippen molar-refractivity contribution in [1.29, 1.82) is 0 Å². The number of phenols is 1. The summed E-state index contributed by atoms with van der Waals surface area (Å²) in [5.41, 5.74) is 13.9. The molecule has 0 spiro atoms. The van der Waals surface area contributed by atoms with E-state index < -0.39 is 17.4 Å². The van der Waals surface area contributed by atoms with Crippen molar-refractivity contribution in [2.24, 2.45) is 0 Å². The molecule has 0 saturated carbocycles. The number of aromatic nitrogens is 3. The summed E-state index contributed by atoms with van der Waals surface area (Å²) in [6.45, 7) is 1.00. The fourth-order valence-corrected chi connectivity index (χ4v) is 3.90. The summed E-state index contributed by atoms with van der Waals surface area (Å²) in [7, 11) is 0. The Labute approximate surface area is 163 Å². The fourth-order valence-electron chi connectivity index (χ4n) is 3.90. The van der Waals surface area contributed by atoms with Crippen LogP contribution in [0.15, 0.2) is 42.7 Å². The highest BCUT2D eigenvalue weighted by atomic mass is 19.1. The average molecular weight is 394 g/mol. The van der Waals surface area contributed by atoms with E-state index in [9.17, 15) is 13.9 Å². The Bertz CT molecular complexity index is 1290. The Morgan fingerprint density at radius 1 is 1.03 bits per heavy atom. The second-order valence-electron chi connectivity index (χ2n) is 6.81.